The number of carboxylic acid groups (broad SMARTS) is 2. The van der Waals surface area contributed by atoms with E-state index in [4.69, 9.17) is 21.4 Å². The topological polar surface area (TPSA) is 128 Å². The molecular formula is C27H28ClN3O6S. The maximum absolute atomic E-state index is 12.6. The van der Waals surface area contributed by atoms with Crippen molar-refractivity contribution in [2.24, 2.45) is 5.92 Å². The summed E-state index contributed by atoms with van der Waals surface area (Å²) in [5.41, 5.74) is 2.97. The molecule has 38 heavy (non-hydrogen) atoms. The van der Waals surface area contributed by atoms with E-state index in [1.165, 1.54) is 0 Å². The quantitative estimate of drug-likeness (QED) is 0.258. The molecule has 0 atom stereocenters. The molecule has 1 aliphatic rings. The van der Waals surface area contributed by atoms with Crippen molar-refractivity contribution in [3.8, 4) is 16.2 Å². The van der Waals surface area contributed by atoms with Gasteiger partial charge >= 0.3 is 18.0 Å². The summed E-state index contributed by atoms with van der Waals surface area (Å²) in [6.45, 7) is 3.17. The Bertz CT molecular complexity index is 1340. The van der Waals surface area contributed by atoms with Gasteiger partial charge in [0.1, 0.15) is 5.75 Å². The van der Waals surface area contributed by atoms with E-state index in [9.17, 15) is 19.5 Å². The number of carbonyl (C=O) groups is 3. The summed E-state index contributed by atoms with van der Waals surface area (Å²) in [7, 11) is 0. The second-order valence-electron chi connectivity index (χ2n) is 9.03. The van der Waals surface area contributed by atoms with Crippen molar-refractivity contribution in [1.82, 2.24) is 4.90 Å². The molecule has 0 saturated carbocycles. The monoisotopic (exact) mass is 557 g/mol. The van der Waals surface area contributed by atoms with E-state index in [0.29, 0.717) is 40.2 Å². The molecule has 4 rings (SSSR count). The highest BCUT2D eigenvalue weighted by Crippen LogP contribution is 2.42. The Morgan fingerprint density at radius 1 is 1.08 bits per heavy atom. The fourth-order valence-corrected chi connectivity index (χ4v) is 5.64. The summed E-state index contributed by atoms with van der Waals surface area (Å²) in [5, 5.41) is 25.4. The molecule has 1 saturated heterocycles. The van der Waals surface area contributed by atoms with Gasteiger partial charge in [-0.2, -0.15) is 0 Å². The Hall–Kier alpha value is -3.76. The van der Waals surface area contributed by atoms with Crippen LogP contribution in [-0.4, -0.2) is 59.3 Å². The summed E-state index contributed by atoms with van der Waals surface area (Å²) in [5.74, 6) is -1.85. The lowest BCUT2D eigenvalue weighted by atomic mass is 9.97. The minimum atomic E-state index is -1.17. The van der Waals surface area contributed by atoms with Crippen molar-refractivity contribution in [3.05, 3.63) is 64.0 Å². The molecule has 0 aliphatic carbocycles. The number of thiophene rings is 1. The van der Waals surface area contributed by atoms with E-state index in [0.717, 1.165) is 42.0 Å². The first-order valence-corrected chi connectivity index (χ1v) is 13.3. The summed E-state index contributed by atoms with van der Waals surface area (Å²) < 4.78 is 5.29. The number of nitrogens with zero attached hydrogens (tertiary/aromatic N) is 1. The van der Waals surface area contributed by atoms with Gasteiger partial charge in [-0.1, -0.05) is 29.8 Å². The molecule has 0 spiro atoms. The number of piperidine rings is 1. The number of hydrogen-bond acceptors (Lipinski definition) is 6. The van der Waals surface area contributed by atoms with Gasteiger partial charge in [0.2, 0.25) is 0 Å². The minimum absolute atomic E-state index is 0.0247. The van der Waals surface area contributed by atoms with Gasteiger partial charge in [0, 0.05) is 46.5 Å². The lowest BCUT2D eigenvalue weighted by Crippen LogP contribution is -2.42. The number of anilines is 2. The summed E-state index contributed by atoms with van der Waals surface area (Å²) >= 11 is 7.06. The van der Waals surface area contributed by atoms with Crippen molar-refractivity contribution in [2.75, 3.05) is 36.9 Å². The zero-order valence-electron chi connectivity index (χ0n) is 20.7. The average molecular weight is 558 g/mol. The van der Waals surface area contributed by atoms with E-state index in [2.05, 4.69) is 10.6 Å². The fraction of sp³-hybridized carbons (Fsp3) is 0.296. The summed E-state index contributed by atoms with van der Waals surface area (Å²) in [4.78, 5) is 37.7. The van der Waals surface area contributed by atoms with Crippen LogP contribution in [0.3, 0.4) is 0 Å². The predicted octanol–water partition coefficient (Wildman–Crippen LogP) is 5.89. The van der Waals surface area contributed by atoms with Crippen LogP contribution in [-0.2, 0) is 4.79 Å². The maximum Gasteiger partial charge on any atom is 0.349 e. The second kappa shape index (κ2) is 12.2. The normalized spacial score (nSPS) is 13.7. The smallest absolute Gasteiger partial charge is 0.349 e. The molecule has 0 unspecified atom stereocenters. The van der Waals surface area contributed by atoms with E-state index in [1.807, 2.05) is 29.2 Å². The molecule has 2 amide bonds. The molecule has 0 bridgehead atoms. The van der Waals surface area contributed by atoms with Gasteiger partial charge in [-0.15, -0.1) is 11.3 Å². The van der Waals surface area contributed by atoms with E-state index in [-0.39, 0.29) is 16.7 Å². The average Bonchev–Trinajstić information content (AvgIpc) is 3.23. The highest BCUT2D eigenvalue weighted by molar-refractivity contribution is 7.18. The molecule has 3 aromatic rings. The molecule has 11 heteroatoms. The zero-order chi connectivity index (χ0) is 27.2. The number of urea groups is 1. The van der Waals surface area contributed by atoms with Crippen LogP contribution >= 0.6 is 22.9 Å². The third-order valence-corrected chi connectivity index (χ3v) is 7.87. The fourth-order valence-electron chi connectivity index (χ4n) is 4.36. The Labute approximate surface area is 229 Å². The van der Waals surface area contributed by atoms with Gasteiger partial charge in [-0.05, 0) is 61.6 Å². The van der Waals surface area contributed by atoms with Crippen LogP contribution in [0.1, 0.15) is 28.1 Å². The molecule has 4 N–H and O–H groups in total. The van der Waals surface area contributed by atoms with Crippen LogP contribution in [0.2, 0.25) is 5.02 Å². The number of rotatable bonds is 9. The molecule has 1 fully saturated rings. The molecule has 9 nitrogen and oxygen atoms in total. The zero-order valence-corrected chi connectivity index (χ0v) is 22.3. The van der Waals surface area contributed by atoms with Gasteiger partial charge in [-0.3, -0.25) is 0 Å². The standard InChI is InChI=1S/C27H28ClN3O6S/c1-16-23(37-15-22(32)33)25(26(34)35)38-24(16)18-4-2-6-20(12-18)29-14-17-8-10-31(11-9-17)27(36)30-21-7-3-5-19(28)13-21/h2-7,12-13,17,29H,8-11,14-15H2,1H3,(H,30,36)(H,32,33)(H,34,35). The number of amides is 2. The number of ether oxygens (including phenoxy) is 1. The van der Waals surface area contributed by atoms with Crippen molar-refractivity contribution < 1.29 is 29.3 Å². The van der Waals surface area contributed by atoms with E-state index < -0.39 is 18.5 Å². The minimum Gasteiger partial charge on any atom is -0.480 e. The van der Waals surface area contributed by atoms with E-state index >= 15 is 0 Å². The highest BCUT2D eigenvalue weighted by Gasteiger charge is 2.24. The number of halogens is 1. The van der Waals surface area contributed by atoms with Crippen molar-refractivity contribution in [2.45, 2.75) is 19.8 Å². The lowest BCUT2D eigenvalue weighted by Gasteiger charge is -2.32. The maximum atomic E-state index is 12.6. The first kappa shape index (κ1) is 27.3. The molecular weight excluding hydrogens is 530 g/mol. The predicted molar refractivity (Wildman–Crippen MR) is 148 cm³/mol. The van der Waals surface area contributed by atoms with Gasteiger partial charge in [-0.25, -0.2) is 14.4 Å². The first-order valence-electron chi connectivity index (χ1n) is 12.1. The Kier molecular flexibility index (Phi) is 8.75. The third-order valence-electron chi connectivity index (χ3n) is 6.32. The third kappa shape index (κ3) is 6.76. The Morgan fingerprint density at radius 2 is 1.79 bits per heavy atom. The van der Waals surface area contributed by atoms with Crippen molar-refractivity contribution >= 4 is 52.3 Å². The Morgan fingerprint density at radius 3 is 2.47 bits per heavy atom. The van der Waals surface area contributed by atoms with Crippen molar-refractivity contribution in [3.63, 3.8) is 0 Å². The molecule has 2 aromatic carbocycles. The molecule has 0 radical (unpaired) electrons. The number of carbonyl (C=O) groups excluding carboxylic acids is 1. The SMILES string of the molecule is Cc1c(-c2cccc(NCC3CCN(C(=O)Nc4cccc(Cl)c4)CC3)c2)sc(C(=O)O)c1OCC(=O)O. The number of benzene rings is 2. The molecule has 1 aliphatic heterocycles. The second-order valence-corrected chi connectivity index (χ2v) is 10.5. The Balaban J connectivity index is 1.34. The van der Waals surface area contributed by atoms with Crippen LogP contribution < -0.4 is 15.4 Å². The van der Waals surface area contributed by atoms with Crippen LogP contribution in [0.15, 0.2) is 48.5 Å². The number of likely N-dealkylation sites (tertiary alicyclic amines) is 1. The summed E-state index contributed by atoms with van der Waals surface area (Å²) in [6.07, 6.45) is 1.73. The number of nitrogens with one attached hydrogen (secondary N) is 2. The number of carboxylic acids is 2. The molecule has 2 heterocycles. The van der Waals surface area contributed by atoms with Gasteiger partial charge in [0.05, 0.1) is 0 Å². The first-order chi connectivity index (χ1) is 18.2. The van der Waals surface area contributed by atoms with Gasteiger partial charge in [0.15, 0.2) is 11.5 Å². The van der Waals surface area contributed by atoms with E-state index in [1.54, 1.807) is 31.2 Å². The number of aliphatic carboxylic acids is 1. The van der Waals surface area contributed by atoms with Crippen molar-refractivity contribution in [1.29, 1.82) is 0 Å². The number of aromatic carboxylic acids is 1. The van der Waals surface area contributed by atoms with Crippen LogP contribution in [0, 0.1) is 12.8 Å². The number of hydrogen-bond donors (Lipinski definition) is 4. The largest absolute Gasteiger partial charge is 0.480 e. The lowest BCUT2D eigenvalue weighted by molar-refractivity contribution is -0.139. The molecule has 200 valence electrons. The summed E-state index contributed by atoms with van der Waals surface area (Å²) in [6, 6.07) is 14.6. The highest BCUT2D eigenvalue weighted by atomic mass is 35.5. The molecule has 1 aromatic heterocycles. The van der Waals surface area contributed by atoms with Crippen LogP contribution in [0.4, 0.5) is 16.2 Å². The van der Waals surface area contributed by atoms with Gasteiger partial charge < -0.3 is 30.5 Å². The van der Waals surface area contributed by atoms with Gasteiger partial charge in [0.25, 0.3) is 0 Å². The van der Waals surface area contributed by atoms with Crippen LogP contribution in [0.25, 0.3) is 10.4 Å². The van der Waals surface area contributed by atoms with Crippen LogP contribution in [0.5, 0.6) is 5.75 Å².